The van der Waals surface area contributed by atoms with Gasteiger partial charge in [-0.3, -0.25) is 0 Å². The van der Waals surface area contributed by atoms with E-state index in [0.29, 0.717) is 5.54 Å². The summed E-state index contributed by atoms with van der Waals surface area (Å²) in [6.07, 6.45) is 14.9. The molecule has 0 unspecified atom stereocenters. The maximum atomic E-state index is 4.59. The van der Waals surface area contributed by atoms with Gasteiger partial charge in [0.15, 0.2) is 5.82 Å². The van der Waals surface area contributed by atoms with Crippen molar-refractivity contribution in [3.05, 3.63) is 24.4 Å². The second-order valence-electron chi connectivity index (χ2n) is 6.35. The molecule has 2 aromatic heterocycles. The van der Waals surface area contributed by atoms with Crippen molar-refractivity contribution in [1.29, 1.82) is 0 Å². The standard InChI is InChI=1S/C16H22N4/c1-2-3-4-14-18-11-13(19-14)15-17-9-10-20(15)16(7-8-16)12-5-6-12/h9-12H,2-8H2,1H3,(H,18,19). The van der Waals surface area contributed by atoms with Gasteiger partial charge in [0, 0.05) is 24.4 Å². The van der Waals surface area contributed by atoms with E-state index in [4.69, 9.17) is 0 Å². The Balaban J connectivity index is 1.63. The molecule has 0 radical (unpaired) electrons. The van der Waals surface area contributed by atoms with E-state index >= 15 is 0 Å². The van der Waals surface area contributed by atoms with Crippen molar-refractivity contribution in [2.75, 3.05) is 0 Å². The fraction of sp³-hybridized carbons (Fsp3) is 0.625. The van der Waals surface area contributed by atoms with Gasteiger partial charge < -0.3 is 9.55 Å². The topological polar surface area (TPSA) is 46.5 Å². The first-order valence-electron chi connectivity index (χ1n) is 7.91. The Hall–Kier alpha value is -1.58. The van der Waals surface area contributed by atoms with Crippen LogP contribution in [0.5, 0.6) is 0 Å². The van der Waals surface area contributed by atoms with E-state index in [-0.39, 0.29) is 0 Å². The summed E-state index contributed by atoms with van der Waals surface area (Å²) < 4.78 is 2.42. The van der Waals surface area contributed by atoms with Gasteiger partial charge >= 0.3 is 0 Å². The number of aromatic nitrogens is 4. The van der Waals surface area contributed by atoms with E-state index < -0.39 is 0 Å². The van der Waals surface area contributed by atoms with Crippen LogP contribution in [0.3, 0.4) is 0 Å². The Bertz CT molecular complexity index is 602. The zero-order valence-corrected chi connectivity index (χ0v) is 12.1. The predicted octanol–water partition coefficient (Wildman–Crippen LogP) is 3.51. The summed E-state index contributed by atoms with van der Waals surface area (Å²) in [5.41, 5.74) is 1.47. The molecule has 2 heterocycles. The van der Waals surface area contributed by atoms with Gasteiger partial charge in [0.1, 0.15) is 11.5 Å². The molecule has 106 valence electrons. The number of aromatic amines is 1. The number of nitrogens with one attached hydrogen (secondary N) is 1. The van der Waals surface area contributed by atoms with Gasteiger partial charge in [-0.15, -0.1) is 0 Å². The molecule has 2 saturated carbocycles. The van der Waals surface area contributed by atoms with Crippen LogP contribution in [0.4, 0.5) is 0 Å². The molecule has 0 amide bonds. The molecule has 4 nitrogen and oxygen atoms in total. The molecule has 0 spiro atoms. The third kappa shape index (κ3) is 1.89. The van der Waals surface area contributed by atoms with Crippen LogP contribution in [0.2, 0.25) is 0 Å². The fourth-order valence-corrected chi connectivity index (χ4v) is 3.40. The molecule has 0 aromatic carbocycles. The zero-order chi connectivity index (χ0) is 13.6. The quantitative estimate of drug-likeness (QED) is 0.873. The number of aryl methyl sites for hydroxylation is 1. The van der Waals surface area contributed by atoms with Crippen molar-refractivity contribution in [2.45, 2.75) is 57.4 Å². The second-order valence-corrected chi connectivity index (χ2v) is 6.35. The molecule has 0 aliphatic heterocycles. The first-order valence-corrected chi connectivity index (χ1v) is 7.91. The van der Waals surface area contributed by atoms with Gasteiger partial charge in [0.05, 0.1) is 6.20 Å². The second kappa shape index (κ2) is 4.47. The summed E-state index contributed by atoms with van der Waals surface area (Å²) in [5.74, 6) is 3.05. The van der Waals surface area contributed by atoms with Gasteiger partial charge in [-0.1, -0.05) is 13.3 Å². The number of nitrogens with zero attached hydrogens (tertiary/aromatic N) is 3. The van der Waals surface area contributed by atoms with Gasteiger partial charge in [-0.2, -0.15) is 0 Å². The van der Waals surface area contributed by atoms with Gasteiger partial charge in [-0.05, 0) is 38.0 Å². The van der Waals surface area contributed by atoms with E-state index in [0.717, 1.165) is 29.7 Å². The molecule has 20 heavy (non-hydrogen) atoms. The average Bonchev–Trinajstić information content (AvgIpc) is 3.36. The molecule has 0 saturated heterocycles. The molecular weight excluding hydrogens is 248 g/mol. The molecule has 1 N–H and O–H groups in total. The van der Waals surface area contributed by atoms with Gasteiger partial charge in [-0.25, -0.2) is 9.97 Å². The molecule has 2 aliphatic rings. The van der Waals surface area contributed by atoms with Gasteiger partial charge in [0.25, 0.3) is 0 Å². The Morgan fingerprint density at radius 1 is 1.35 bits per heavy atom. The van der Waals surface area contributed by atoms with Crippen molar-refractivity contribution in [2.24, 2.45) is 5.92 Å². The highest BCUT2D eigenvalue weighted by Gasteiger charge is 2.56. The van der Waals surface area contributed by atoms with Crippen LogP contribution in [0, 0.1) is 5.92 Å². The van der Waals surface area contributed by atoms with Crippen LogP contribution in [0.15, 0.2) is 18.6 Å². The van der Waals surface area contributed by atoms with E-state index in [9.17, 15) is 0 Å². The van der Waals surface area contributed by atoms with Crippen LogP contribution in [-0.4, -0.2) is 19.5 Å². The summed E-state index contributed by atoms with van der Waals surface area (Å²) >= 11 is 0. The lowest BCUT2D eigenvalue weighted by Gasteiger charge is -2.18. The minimum atomic E-state index is 0.389. The largest absolute Gasteiger partial charge is 0.339 e. The van der Waals surface area contributed by atoms with E-state index in [1.807, 2.05) is 12.4 Å². The highest BCUT2D eigenvalue weighted by atomic mass is 15.2. The highest BCUT2D eigenvalue weighted by Crippen LogP contribution is 2.60. The maximum Gasteiger partial charge on any atom is 0.158 e. The summed E-state index contributed by atoms with van der Waals surface area (Å²) in [7, 11) is 0. The molecule has 0 atom stereocenters. The van der Waals surface area contributed by atoms with Crippen LogP contribution in [0.1, 0.15) is 51.3 Å². The van der Waals surface area contributed by atoms with Crippen LogP contribution in [-0.2, 0) is 12.0 Å². The summed E-state index contributed by atoms with van der Waals surface area (Å²) in [4.78, 5) is 12.5. The van der Waals surface area contributed by atoms with Gasteiger partial charge in [0.2, 0.25) is 0 Å². The first-order chi connectivity index (χ1) is 9.83. The monoisotopic (exact) mass is 270 g/mol. The normalized spacial score (nSPS) is 20.2. The van der Waals surface area contributed by atoms with E-state index in [1.165, 1.54) is 38.5 Å². The summed E-state index contributed by atoms with van der Waals surface area (Å²) in [6, 6.07) is 0. The minimum Gasteiger partial charge on any atom is -0.339 e. The Morgan fingerprint density at radius 2 is 2.20 bits per heavy atom. The SMILES string of the molecule is CCCCc1ncc(-c2nccn2C2(C3CC3)CC2)[nH]1. The van der Waals surface area contributed by atoms with Crippen molar-refractivity contribution in [3.8, 4) is 11.5 Å². The molecule has 2 aromatic rings. The summed E-state index contributed by atoms with van der Waals surface area (Å²) in [6.45, 7) is 2.21. The smallest absolute Gasteiger partial charge is 0.158 e. The van der Waals surface area contributed by atoms with E-state index in [2.05, 4.69) is 32.6 Å². The fourth-order valence-electron chi connectivity index (χ4n) is 3.40. The third-order valence-corrected chi connectivity index (χ3v) is 4.86. The first kappa shape index (κ1) is 12.2. The maximum absolute atomic E-state index is 4.59. The zero-order valence-electron chi connectivity index (χ0n) is 12.1. The Labute approximate surface area is 119 Å². The number of H-pyrrole nitrogens is 1. The lowest BCUT2D eigenvalue weighted by atomic mass is 10.1. The molecule has 4 rings (SSSR count). The number of hydrogen-bond acceptors (Lipinski definition) is 2. The summed E-state index contributed by atoms with van der Waals surface area (Å²) in [5, 5.41) is 0. The van der Waals surface area contributed by atoms with E-state index in [1.54, 1.807) is 0 Å². The molecular formula is C16H22N4. The predicted molar refractivity (Wildman–Crippen MR) is 78.4 cm³/mol. The molecule has 2 aliphatic carbocycles. The number of unbranched alkanes of at least 4 members (excludes halogenated alkanes) is 1. The number of rotatable bonds is 6. The lowest BCUT2D eigenvalue weighted by molar-refractivity contribution is 0.425. The van der Waals surface area contributed by atoms with Crippen LogP contribution < -0.4 is 0 Å². The van der Waals surface area contributed by atoms with Crippen LogP contribution >= 0.6 is 0 Å². The molecule has 0 bridgehead atoms. The van der Waals surface area contributed by atoms with Crippen molar-refractivity contribution in [3.63, 3.8) is 0 Å². The van der Waals surface area contributed by atoms with Crippen molar-refractivity contribution < 1.29 is 0 Å². The Kier molecular flexibility index (Phi) is 2.72. The molecule has 2 fully saturated rings. The van der Waals surface area contributed by atoms with Crippen LogP contribution in [0.25, 0.3) is 11.5 Å². The number of imidazole rings is 2. The lowest BCUT2D eigenvalue weighted by Crippen LogP contribution is -2.19. The van der Waals surface area contributed by atoms with Crippen molar-refractivity contribution in [1.82, 2.24) is 19.5 Å². The highest BCUT2D eigenvalue weighted by molar-refractivity contribution is 5.50. The Morgan fingerprint density at radius 3 is 2.90 bits per heavy atom. The van der Waals surface area contributed by atoms with Crippen molar-refractivity contribution >= 4 is 0 Å². The third-order valence-electron chi connectivity index (χ3n) is 4.86. The minimum absolute atomic E-state index is 0.389. The number of hydrogen-bond donors (Lipinski definition) is 1. The molecule has 4 heteroatoms. The average molecular weight is 270 g/mol.